The van der Waals surface area contributed by atoms with Crippen molar-refractivity contribution in [2.45, 2.75) is 19.4 Å². The Morgan fingerprint density at radius 1 is 1.59 bits per heavy atom. The second-order valence-electron chi connectivity index (χ2n) is 4.01. The Morgan fingerprint density at radius 2 is 2.41 bits per heavy atom. The van der Waals surface area contributed by atoms with Crippen LogP contribution in [0.25, 0.3) is 0 Å². The maximum absolute atomic E-state index is 4.43. The number of halogens is 1. The first-order valence-corrected chi connectivity index (χ1v) is 7.30. The van der Waals surface area contributed by atoms with E-state index >= 15 is 0 Å². The van der Waals surface area contributed by atoms with Crippen molar-refractivity contribution in [3.05, 3.63) is 39.0 Å². The number of nitrogens with zero attached hydrogens (tertiary/aromatic N) is 2. The number of likely N-dealkylation sites (N-methyl/N-ethyl adjacent to an activating group) is 1. The highest BCUT2D eigenvalue weighted by atomic mass is 79.9. The fourth-order valence-corrected chi connectivity index (χ4v) is 3.30. The fraction of sp³-hybridized carbons (Fsp3) is 0.417. The summed E-state index contributed by atoms with van der Waals surface area (Å²) < 4.78 is 3.15. The maximum atomic E-state index is 4.43. The Balaban J connectivity index is 2.12. The summed E-state index contributed by atoms with van der Waals surface area (Å²) >= 11 is 5.28. The molecule has 2 heterocycles. The average Bonchev–Trinajstić information content (AvgIpc) is 2.87. The lowest BCUT2D eigenvalue weighted by Gasteiger charge is -2.14. The molecule has 0 aliphatic rings. The minimum atomic E-state index is 0.298. The molecule has 0 spiro atoms. The summed E-state index contributed by atoms with van der Waals surface area (Å²) in [6.45, 7) is 3.08. The Morgan fingerprint density at radius 3 is 2.94 bits per heavy atom. The number of thiophene rings is 1. The molecule has 1 unspecified atom stereocenters. The molecule has 3 nitrogen and oxygen atoms in total. The second kappa shape index (κ2) is 5.80. The van der Waals surface area contributed by atoms with Gasteiger partial charge in [-0.05, 0) is 28.5 Å². The molecule has 2 rings (SSSR count). The SMILES string of the molecule is CCNC(Cc1cc(Br)cs1)c1cn(C)cn1. The second-order valence-corrected chi connectivity index (χ2v) is 5.92. The van der Waals surface area contributed by atoms with E-state index in [2.05, 4.69) is 50.8 Å². The van der Waals surface area contributed by atoms with Crippen molar-refractivity contribution in [1.29, 1.82) is 0 Å². The Labute approximate surface area is 114 Å². The molecule has 0 amide bonds. The highest BCUT2D eigenvalue weighted by Gasteiger charge is 2.14. The smallest absolute Gasteiger partial charge is 0.0947 e. The van der Waals surface area contributed by atoms with E-state index in [4.69, 9.17) is 0 Å². The molecule has 5 heteroatoms. The first kappa shape index (κ1) is 12.8. The summed E-state index contributed by atoms with van der Waals surface area (Å²) in [6.07, 6.45) is 4.92. The zero-order valence-corrected chi connectivity index (χ0v) is 12.4. The quantitative estimate of drug-likeness (QED) is 0.919. The summed E-state index contributed by atoms with van der Waals surface area (Å²) in [5.74, 6) is 0. The number of aryl methyl sites for hydroxylation is 1. The van der Waals surface area contributed by atoms with Crippen molar-refractivity contribution in [1.82, 2.24) is 14.9 Å². The van der Waals surface area contributed by atoms with Crippen LogP contribution >= 0.6 is 27.3 Å². The van der Waals surface area contributed by atoms with Crippen molar-refractivity contribution in [2.75, 3.05) is 6.54 Å². The lowest BCUT2D eigenvalue weighted by Crippen LogP contribution is -2.23. The predicted octanol–water partition coefficient (Wildman–Crippen LogP) is 3.14. The molecular formula is C12H16BrN3S. The van der Waals surface area contributed by atoms with Crippen molar-refractivity contribution in [2.24, 2.45) is 7.05 Å². The van der Waals surface area contributed by atoms with Crippen LogP contribution in [-0.4, -0.2) is 16.1 Å². The van der Waals surface area contributed by atoms with Crippen LogP contribution in [-0.2, 0) is 13.5 Å². The van der Waals surface area contributed by atoms with Gasteiger partial charge in [0.25, 0.3) is 0 Å². The van der Waals surface area contributed by atoms with Gasteiger partial charge >= 0.3 is 0 Å². The van der Waals surface area contributed by atoms with Crippen LogP contribution in [0.3, 0.4) is 0 Å². The summed E-state index contributed by atoms with van der Waals surface area (Å²) in [6, 6.07) is 2.48. The van der Waals surface area contributed by atoms with Gasteiger partial charge in [-0.2, -0.15) is 0 Å². The molecule has 0 aliphatic heterocycles. The van der Waals surface area contributed by atoms with Crippen LogP contribution in [0, 0.1) is 0 Å². The van der Waals surface area contributed by atoms with Gasteiger partial charge in [-0.15, -0.1) is 11.3 Å². The first-order valence-electron chi connectivity index (χ1n) is 5.63. The molecule has 0 fully saturated rings. The van der Waals surface area contributed by atoms with Gasteiger partial charge in [0.1, 0.15) is 0 Å². The lowest BCUT2D eigenvalue weighted by atomic mass is 10.1. The van der Waals surface area contributed by atoms with E-state index < -0.39 is 0 Å². The zero-order chi connectivity index (χ0) is 12.3. The van der Waals surface area contributed by atoms with Gasteiger partial charge in [-0.1, -0.05) is 6.92 Å². The highest BCUT2D eigenvalue weighted by molar-refractivity contribution is 9.10. The van der Waals surface area contributed by atoms with Crippen LogP contribution in [0.1, 0.15) is 23.5 Å². The summed E-state index contributed by atoms with van der Waals surface area (Å²) in [4.78, 5) is 5.80. The van der Waals surface area contributed by atoms with E-state index in [1.165, 1.54) is 4.88 Å². The lowest BCUT2D eigenvalue weighted by molar-refractivity contribution is 0.541. The van der Waals surface area contributed by atoms with Crippen LogP contribution in [0.2, 0.25) is 0 Å². The molecule has 0 radical (unpaired) electrons. The van der Waals surface area contributed by atoms with Gasteiger partial charge in [0.05, 0.1) is 18.1 Å². The van der Waals surface area contributed by atoms with Gasteiger partial charge in [0.15, 0.2) is 0 Å². The molecule has 0 aromatic carbocycles. The van der Waals surface area contributed by atoms with Crippen molar-refractivity contribution >= 4 is 27.3 Å². The molecule has 0 saturated heterocycles. The molecule has 0 saturated carbocycles. The number of hydrogen-bond acceptors (Lipinski definition) is 3. The zero-order valence-electron chi connectivity index (χ0n) is 9.98. The van der Waals surface area contributed by atoms with Gasteiger partial charge in [0, 0.05) is 34.4 Å². The molecule has 0 aliphatic carbocycles. The molecule has 1 N–H and O–H groups in total. The van der Waals surface area contributed by atoms with Crippen LogP contribution in [0.15, 0.2) is 28.4 Å². The molecule has 1 atom stereocenters. The topological polar surface area (TPSA) is 29.9 Å². The average molecular weight is 314 g/mol. The number of aromatic nitrogens is 2. The minimum absolute atomic E-state index is 0.298. The third-order valence-electron chi connectivity index (χ3n) is 2.56. The Bertz CT molecular complexity index is 478. The summed E-state index contributed by atoms with van der Waals surface area (Å²) in [7, 11) is 2.00. The van der Waals surface area contributed by atoms with E-state index in [1.807, 2.05) is 17.9 Å². The number of rotatable bonds is 5. The van der Waals surface area contributed by atoms with E-state index in [0.717, 1.165) is 23.1 Å². The van der Waals surface area contributed by atoms with Crippen molar-refractivity contribution in [3.8, 4) is 0 Å². The highest BCUT2D eigenvalue weighted by Crippen LogP contribution is 2.24. The molecule has 2 aromatic heterocycles. The van der Waals surface area contributed by atoms with Gasteiger partial charge in [0.2, 0.25) is 0 Å². The van der Waals surface area contributed by atoms with E-state index in [9.17, 15) is 0 Å². The van der Waals surface area contributed by atoms with Crippen LogP contribution in [0.5, 0.6) is 0 Å². The number of nitrogens with one attached hydrogen (secondary N) is 1. The monoisotopic (exact) mass is 313 g/mol. The van der Waals surface area contributed by atoms with Gasteiger partial charge in [-0.25, -0.2) is 4.98 Å². The van der Waals surface area contributed by atoms with Crippen LogP contribution < -0.4 is 5.32 Å². The van der Waals surface area contributed by atoms with E-state index in [1.54, 1.807) is 11.3 Å². The third kappa shape index (κ3) is 3.40. The van der Waals surface area contributed by atoms with Crippen molar-refractivity contribution in [3.63, 3.8) is 0 Å². The largest absolute Gasteiger partial charge is 0.340 e. The normalized spacial score (nSPS) is 12.9. The molecular weight excluding hydrogens is 298 g/mol. The Kier molecular flexibility index (Phi) is 4.36. The van der Waals surface area contributed by atoms with Crippen molar-refractivity contribution < 1.29 is 0 Å². The first-order chi connectivity index (χ1) is 8.19. The predicted molar refractivity (Wildman–Crippen MR) is 75.3 cm³/mol. The minimum Gasteiger partial charge on any atom is -0.340 e. The van der Waals surface area contributed by atoms with Gasteiger partial charge in [-0.3, -0.25) is 0 Å². The molecule has 2 aromatic rings. The third-order valence-corrected chi connectivity index (χ3v) is 4.28. The molecule has 92 valence electrons. The maximum Gasteiger partial charge on any atom is 0.0947 e. The van der Waals surface area contributed by atoms with E-state index in [0.29, 0.717) is 6.04 Å². The standard InChI is InChI=1S/C12H16BrN3S/c1-3-14-11(12-6-16(2)8-15-12)5-10-4-9(13)7-17-10/h4,6-8,11,14H,3,5H2,1-2H3. The van der Waals surface area contributed by atoms with Gasteiger partial charge < -0.3 is 9.88 Å². The summed E-state index contributed by atoms with van der Waals surface area (Å²) in [5, 5.41) is 5.61. The van der Waals surface area contributed by atoms with E-state index in [-0.39, 0.29) is 0 Å². The Hall–Kier alpha value is -0.650. The molecule has 0 bridgehead atoms. The number of hydrogen-bond donors (Lipinski definition) is 1. The number of imidazole rings is 1. The summed E-state index contributed by atoms with van der Waals surface area (Å²) in [5.41, 5.74) is 1.11. The molecule has 17 heavy (non-hydrogen) atoms. The van der Waals surface area contributed by atoms with Crippen LogP contribution in [0.4, 0.5) is 0 Å². The fourth-order valence-electron chi connectivity index (χ4n) is 1.80.